The third-order valence-electron chi connectivity index (χ3n) is 6.52. The van der Waals surface area contributed by atoms with Crippen LogP contribution in [0, 0.1) is 0 Å². The lowest BCUT2D eigenvalue weighted by Gasteiger charge is -2.20. The number of para-hydroxylation sites is 1. The zero-order chi connectivity index (χ0) is 22.4. The van der Waals surface area contributed by atoms with Gasteiger partial charge in [0.2, 0.25) is 0 Å². The number of furan rings is 1. The molecule has 1 aromatic carbocycles. The molecule has 1 aliphatic carbocycles. The second-order valence-electron chi connectivity index (χ2n) is 8.97. The smallest absolute Gasteiger partial charge is 0.257 e. The fraction of sp³-hybridized carbons (Fsp3) is 0.360. The fourth-order valence-electron chi connectivity index (χ4n) is 4.55. The minimum absolute atomic E-state index is 0.0619. The van der Waals surface area contributed by atoms with Crippen molar-refractivity contribution >= 4 is 16.9 Å². The first kappa shape index (κ1) is 20.1. The van der Waals surface area contributed by atoms with Crippen LogP contribution in [0.25, 0.3) is 28.4 Å². The van der Waals surface area contributed by atoms with E-state index in [2.05, 4.69) is 22.0 Å². The maximum Gasteiger partial charge on any atom is 0.257 e. The molecule has 1 amide bonds. The number of likely N-dealkylation sites (N-methyl/N-ethyl adjacent to an activating group) is 1. The van der Waals surface area contributed by atoms with Crippen LogP contribution in [0.2, 0.25) is 0 Å². The van der Waals surface area contributed by atoms with Crippen molar-refractivity contribution < 1.29 is 9.21 Å². The molecular weight excluding hydrogens is 416 g/mol. The quantitative estimate of drug-likeness (QED) is 0.479. The molecule has 6 rings (SSSR count). The number of carbonyl (C=O) groups excluding carboxylic acids is 1. The van der Waals surface area contributed by atoms with Gasteiger partial charge in [-0.3, -0.25) is 4.79 Å². The molecule has 2 fully saturated rings. The summed E-state index contributed by atoms with van der Waals surface area (Å²) in [6.07, 6.45) is 6.50. The minimum atomic E-state index is 0.0619. The van der Waals surface area contributed by atoms with Crippen molar-refractivity contribution in [1.29, 1.82) is 0 Å². The summed E-state index contributed by atoms with van der Waals surface area (Å²) >= 11 is 0. The van der Waals surface area contributed by atoms with E-state index in [4.69, 9.17) is 9.40 Å². The highest BCUT2D eigenvalue weighted by Gasteiger charge is 2.35. The van der Waals surface area contributed by atoms with Gasteiger partial charge in [-0.1, -0.05) is 18.2 Å². The molecule has 0 bridgehead atoms. The Labute approximate surface area is 191 Å². The highest BCUT2D eigenvalue weighted by molar-refractivity contribution is 5.95. The van der Waals surface area contributed by atoms with Crippen LogP contribution < -0.4 is 0 Å². The van der Waals surface area contributed by atoms with Crippen molar-refractivity contribution in [2.75, 3.05) is 33.2 Å². The lowest BCUT2D eigenvalue weighted by molar-refractivity contribution is 0.0761. The molecule has 0 atom stereocenters. The SMILES string of the molecule is CN1CCCN(C(=O)c2cnn(-c3nccc(-c4cc5ccccc5o4)n3)c2C2CC2)CC1. The van der Waals surface area contributed by atoms with Gasteiger partial charge in [0.05, 0.1) is 17.5 Å². The van der Waals surface area contributed by atoms with Gasteiger partial charge in [0, 0.05) is 37.1 Å². The van der Waals surface area contributed by atoms with E-state index < -0.39 is 0 Å². The van der Waals surface area contributed by atoms with E-state index in [1.54, 1.807) is 17.1 Å². The average molecular weight is 443 g/mol. The lowest BCUT2D eigenvalue weighted by Crippen LogP contribution is -2.34. The summed E-state index contributed by atoms with van der Waals surface area (Å²) in [7, 11) is 2.11. The van der Waals surface area contributed by atoms with Crippen LogP contribution in [-0.2, 0) is 0 Å². The molecule has 2 aliphatic rings. The topological polar surface area (TPSA) is 80.3 Å². The van der Waals surface area contributed by atoms with Crippen LogP contribution in [-0.4, -0.2) is 68.7 Å². The Balaban J connectivity index is 1.35. The summed E-state index contributed by atoms with van der Waals surface area (Å²) in [6, 6.07) is 11.7. The van der Waals surface area contributed by atoms with Gasteiger partial charge in [0.1, 0.15) is 11.3 Å². The normalized spacial score (nSPS) is 17.4. The summed E-state index contributed by atoms with van der Waals surface area (Å²) in [5, 5.41) is 5.61. The minimum Gasteiger partial charge on any atom is -0.454 e. The van der Waals surface area contributed by atoms with E-state index in [1.807, 2.05) is 41.3 Å². The monoisotopic (exact) mass is 442 g/mol. The summed E-state index contributed by atoms with van der Waals surface area (Å²) in [5.41, 5.74) is 3.12. The van der Waals surface area contributed by atoms with Gasteiger partial charge in [0.15, 0.2) is 5.76 Å². The number of aromatic nitrogens is 4. The molecule has 0 unspecified atom stereocenters. The van der Waals surface area contributed by atoms with Gasteiger partial charge in [-0.05, 0) is 51.1 Å². The average Bonchev–Trinajstić information content (AvgIpc) is 3.49. The Morgan fingerprint density at radius 3 is 2.82 bits per heavy atom. The Hall–Kier alpha value is -3.52. The molecule has 168 valence electrons. The molecule has 1 saturated heterocycles. The molecule has 1 aliphatic heterocycles. The van der Waals surface area contributed by atoms with E-state index in [9.17, 15) is 4.79 Å². The highest BCUT2D eigenvalue weighted by atomic mass is 16.3. The van der Waals surface area contributed by atoms with E-state index in [0.29, 0.717) is 28.9 Å². The van der Waals surface area contributed by atoms with Crippen molar-refractivity contribution in [3.63, 3.8) is 0 Å². The van der Waals surface area contributed by atoms with Crippen LogP contribution in [0.3, 0.4) is 0 Å². The number of carbonyl (C=O) groups is 1. The van der Waals surface area contributed by atoms with Crippen LogP contribution in [0.4, 0.5) is 0 Å². The molecule has 8 nitrogen and oxygen atoms in total. The highest BCUT2D eigenvalue weighted by Crippen LogP contribution is 2.42. The first-order chi connectivity index (χ1) is 16.2. The van der Waals surface area contributed by atoms with Gasteiger partial charge in [-0.25, -0.2) is 14.6 Å². The predicted octanol–water partition coefficient (Wildman–Crippen LogP) is 3.73. The van der Waals surface area contributed by atoms with Crippen LogP contribution in [0.5, 0.6) is 0 Å². The molecule has 8 heteroatoms. The maximum absolute atomic E-state index is 13.4. The number of nitrogens with zero attached hydrogens (tertiary/aromatic N) is 6. The first-order valence-electron chi connectivity index (χ1n) is 11.6. The van der Waals surface area contributed by atoms with Crippen LogP contribution in [0.15, 0.2) is 53.2 Å². The lowest BCUT2D eigenvalue weighted by atomic mass is 10.1. The number of benzene rings is 1. The zero-order valence-corrected chi connectivity index (χ0v) is 18.6. The molecule has 1 saturated carbocycles. The fourth-order valence-corrected chi connectivity index (χ4v) is 4.55. The summed E-state index contributed by atoms with van der Waals surface area (Å²) in [6.45, 7) is 3.42. The number of hydrogen-bond donors (Lipinski definition) is 0. The molecule has 3 aromatic heterocycles. The van der Waals surface area contributed by atoms with Gasteiger partial charge in [0.25, 0.3) is 11.9 Å². The Morgan fingerprint density at radius 1 is 1.09 bits per heavy atom. The molecule has 0 spiro atoms. The second-order valence-corrected chi connectivity index (χ2v) is 8.97. The molecule has 33 heavy (non-hydrogen) atoms. The van der Waals surface area contributed by atoms with Crippen LogP contribution in [0.1, 0.15) is 41.2 Å². The first-order valence-corrected chi connectivity index (χ1v) is 11.6. The number of hydrogen-bond acceptors (Lipinski definition) is 6. The van der Waals surface area contributed by atoms with Gasteiger partial charge in [-0.15, -0.1) is 0 Å². The third kappa shape index (κ3) is 3.80. The van der Waals surface area contributed by atoms with Crippen LogP contribution >= 0.6 is 0 Å². The number of amides is 1. The molecule has 4 heterocycles. The molecular formula is C25H26N6O2. The van der Waals surface area contributed by atoms with E-state index in [1.165, 1.54) is 0 Å². The Kier molecular flexibility index (Phi) is 4.95. The maximum atomic E-state index is 13.4. The van der Waals surface area contributed by atoms with Gasteiger partial charge < -0.3 is 14.2 Å². The molecule has 0 radical (unpaired) electrons. The van der Waals surface area contributed by atoms with E-state index >= 15 is 0 Å². The summed E-state index contributed by atoms with van der Waals surface area (Å²) < 4.78 is 7.74. The molecule has 4 aromatic rings. The van der Waals surface area contributed by atoms with Crippen molar-refractivity contribution in [3.8, 4) is 17.4 Å². The molecule has 0 N–H and O–H groups in total. The van der Waals surface area contributed by atoms with Gasteiger partial charge >= 0.3 is 0 Å². The standard InChI is InChI=1S/C25H26N6O2/c1-29-11-4-12-30(14-13-29)24(32)19-16-27-31(23(19)17-7-8-17)25-26-10-9-20(28-25)22-15-18-5-2-3-6-21(18)33-22/h2-3,5-6,9-10,15-17H,4,7-8,11-14H2,1H3. The van der Waals surface area contributed by atoms with Crippen molar-refractivity contribution in [2.45, 2.75) is 25.2 Å². The van der Waals surface area contributed by atoms with Crippen molar-refractivity contribution in [1.82, 2.24) is 29.5 Å². The number of rotatable bonds is 4. The largest absolute Gasteiger partial charge is 0.454 e. The predicted molar refractivity (Wildman–Crippen MR) is 124 cm³/mol. The van der Waals surface area contributed by atoms with E-state index in [0.717, 1.165) is 62.1 Å². The summed E-state index contributed by atoms with van der Waals surface area (Å²) in [5.74, 6) is 1.53. The zero-order valence-electron chi connectivity index (χ0n) is 18.6. The summed E-state index contributed by atoms with van der Waals surface area (Å²) in [4.78, 5) is 26.9. The number of fused-ring (bicyclic) bond motifs is 1. The Morgan fingerprint density at radius 2 is 1.97 bits per heavy atom. The second kappa shape index (κ2) is 8.12. The third-order valence-corrected chi connectivity index (χ3v) is 6.52. The van der Waals surface area contributed by atoms with Gasteiger partial charge in [-0.2, -0.15) is 5.10 Å². The van der Waals surface area contributed by atoms with Crippen molar-refractivity contribution in [2.24, 2.45) is 0 Å². The Bertz CT molecular complexity index is 1290. The van der Waals surface area contributed by atoms with Crippen molar-refractivity contribution in [3.05, 3.63) is 60.0 Å². The van der Waals surface area contributed by atoms with E-state index in [-0.39, 0.29) is 5.91 Å².